The molecule has 1 aromatic carbocycles. The van der Waals surface area contributed by atoms with Crippen molar-refractivity contribution >= 4 is 33.4 Å². The molecule has 1 aliphatic heterocycles. The van der Waals surface area contributed by atoms with Crippen molar-refractivity contribution < 1.29 is 32.6 Å². The first-order valence-electron chi connectivity index (χ1n) is 11.2. The van der Waals surface area contributed by atoms with Crippen LogP contribution in [0.15, 0.2) is 40.6 Å². The number of carbonyl (C=O) groups excluding carboxylic acids is 1. The van der Waals surface area contributed by atoms with E-state index in [0.717, 1.165) is 27.5 Å². The summed E-state index contributed by atoms with van der Waals surface area (Å²) in [5, 5.41) is 9.74. The van der Waals surface area contributed by atoms with Gasteiger partial charge in [0.25, 0.3) is 10.0 Å². The standard InChI is InChI=1S/C23H30N2O7S2/c1-3-15-32-23(28)25-13-11-17(12-14-25)21(22(26)27)24-34(29,30)20-10-9-19(33-20)16-5-7-18(8-6-16)31-4-2/h5-10,17,21,24H,3-4,11-15H2,1-2H3,(H,26,27)/t21-/m1/s1. The number of carboxylic acid groups (broad SMARTS) is 1. The van der Waals surface area contributed by atoms with Crippen molar-refractivity contribution in [2.75, 3.05) is 26.3 Å². The molecule has 0 spiro atoms. The van der Waals surface area contributed by atoms with Crippen LogP contribution < -0.4 is 9.46 Å². The Morgan fingerprint density at radius 3 is 2.41 bits per heavy atom. The van der Waals surface area contributed by atoms with Gasteiger partial charge in [-0.25, -0.2) is 13.2 Å². The van der Waals surface area contributed by atoms with Crippen molar-refractivity contribution in [3.05, 3.63) is 36.4 Å². The monoisotopic (exact) mass is 510 g/mol. The van der Waals surface area contributed by atoms with Gasteiger partial charge in [0, 0.05) is 18.0 Å². The molecule has 9 nitrogen and oxygen atoms in total. The Bertz CT molecular complexity index is 1070. The third-order valence-electron chi connectivity index (χ3n) is 5.54. The molecule has 3 rings (SSSR count). The van der Waals surface area contributed by atoms with Crippen LogP contribution in [0.25, 0.3) is 10.4 Å². The molecular weight excluding hydrogens is 480 g/mol. The normalized spacial score (nSPS) is 15.6. The second-order valence-electron chi connectivity index (χ2n) is 7.95. The molecule has 2 aromatic rings. The molecule has 0 radical (unpaired) electrons. The van der Waals surface area contributed by atoms with Gasteiger partial charge < -0.3 is 19.5 Å². The van der Waals surface area contributed by atoms with Crippen molar-refractivity contribution in [3.63, 3.8) is 0 Å². The van der Waals surface area contributed by atoms with Gasteiger partial charge in [-0.05, 0) is 74.1 Å². The highest BCUT2D eigenvalue weighted by molar-refractivity contribution is 7.91. The van der Waals surface area contributed by atoms with E-state index in [9.17, 15) is 23.1 Å². The number of carboxylic acids is 1. The van der Waals surface area contributed by atoms with E-state index in [1.165, 1.54) is 11.0 Å². The first-order chi connectivity index (χ1) is 16.2. The number of hydrogen-bond acceptors (Lipinski definition) is 7. The number of amides is 1. The summed E-state index contributed by atoms with van der Waals surface area (Å²) >= 11 is 1.07. The first-order valence-corrected chi connectivity index (χ1v) is 13.5. The van der Waals surface area contributed by atoms with Gasteiger partial charge in [0.15, 0.2) is 0 Å². The van der Waals surface area contributed by atoms with E-state index in [2.05, 4.69) is 4.72 Å². The maximum absolute atomic E-state index is 13.0. The van der Waals surface area contributed by atoms with E-state index in [-0.39, 0.29) is 4.21 Å². The molecule has 1 atom stereocenters. The summed E-state index contributed by atoms with van der Waals surface area (Å²) in [4.78, 5) is 26.2. The largest absolute Gasteiger partial charge is 0.494 e. The van der Waals surface area contributed by atoms with E-state index in [1.807, 2.05) is 38.1 Å². The van der Waals surface area contributed by atoms with Gasteiger partial charge in [-0.2, -0.15) is 4.72 Å². The third kappa shape index (κ3) is 6.49. The minimum atomic E-state index is -4.04. The molecule has 2 N–H and O–H groups in total. The van der Waals surface area contributed by atoms with Crippen LogP contribution in [0.2, 0.25) is 0 Å². The summed E-state index contributed by atoms with van der Waals surface area (Å²) in [5.74, 6) is -0.946. The zero-order valence-corrected chi connectivity index (χ0v) is 20.9. The average Bonchev–Trinajstić information content (AvgIpc) is 3.33. The van der Waals surface area contributed by atoms with Crippen molar-refractivity contribution in [1.82, 2.24) is 9.62 Å². The van der Waals surface area contributed by atoms with Gasteiger partial charge in [-0.15, -0.1) is 11.3 Å². The molecule has 11 heteroatoms. The number of hydrogen-bond donors (Lipinski definition) is 2. The fourth-order valence-corrected chi connectivity index (χ4v) is 6.36. The molecule has 0 bridgehead atoms. The highest BCUT2D eigenvalue weighted by atomic mass is 32.2. The Labute approximate surface area is 203 Å². The van der Waals surface area contributed by atoms with Crippen LogP contribution in [0.4, 0.5) is 4.79 Å². The van der Waals surface area contributed by atoms with E-state index in [0.29, 0.717) is 45.6 Å². The summed E-state index contributed by atoms with van der Waals surface area (Å²) < 4.78 is 39.0. The van der Waals surface area contributed by atoms with Gasteiger partial charge >= 0.3 is 12.1 Å². The van der Waals surface area contributed by atoms with Crippen LogP contribution in [-0.4, -0.2) is 62.8 Å². The maximum Gasteiger partial charge on any atom is 0.409 e. The van der Waals surface area contributed by atoms with Crippen LogP contribution in [-0.2, 0) is 19.6 Å². The Morgan fingerprint density at radius 2 is 1.82 bits per heavy atom. The predicted molar refractivity (Wildman–Crippen MR) is 129 cm³/mol. The number of sulfonamides is 1. The van der Waals surface area contributed by atoms with Crippen molar-refractivity contribution in [2.24, 2.45) is 5.92 Å². The van der Waals surface area contributed by atoms with Gasteiger partial charge in [-0.3, -0.25) is 4.79 Å². The SMILES string of the molecule is CCCOC(=O)N1CCC([C@@H](NS(=O)(=O)c2ccc(-c3ccc(OCC)cc3)s2)C(=O)O)CC1. The van der Waals surface area contributed by atoms with Crippen LogP contribution in [0.1, 0.15) is 33.1 Å². The minimum absolute atomic E-state index is 0.0446. The van der Waals surface area contributed by atoms with Gasteiger partial charge in [0.05, 0.1) is 13.2 Å². The van der Waals surface area contributed by atoms with E-state index >= 15 is 0 Å². The molecular formula is C23H30N2O7S2. The average molecular weight is 511 g/mol. The summed E-state index contributed by atoms with van der Waals surface area (Å²) in [6, 6.07) is 9.22. The van der Waals surface area contributed by atoms with E-state index < -0.39 is 34.0 Å². The fourth-order valence-electron chi connectivity index (χ4n) is 3.77. The van der Waals surface area contributed by atoms with Crippen LogP contribution >= 0.6 is 11.3 Å². The number of carbonyl (C=O) groups is 2. The molecule has 2 heterocycles. The number of likely N-dealkylation sites (tertiary alicyclic amines) is 1. The molecule has 1 aromatic heterocycles. The Balaban J connectivity index is 1.67. The number of nitrogens with one attached hydrogen (secondary N) is 1. The highest BCUT2D eigenvalue weighted by Crippen LogP contribution is 2.32. The van der Waals surface area contributed by atoms with Crippen LogP contribution in [0.3, 0.4) is 0 Å². The summed E-state index contributed by atoms with van der Waals surface area (Å²) in [6.45, 7) is 5.32. The summed E-state index contributed by atoms with van der Waals surface area (Å²) in [5.41, 5.74) is 0.840. The van der Waals surface area contributed by atoms with Crippen molar-refractivity contribution in [1.29, 1.82) is 0 Å². The Hall–Kier alpha value is -2.63. The summed E-state index contributed by atoms with van der Waals surface area (Å²) in [7, 11) is -4.04. The molecule has 0 saturated carbocycles. The molecule has 1 aliphatic rings. The molecule has 1 fully saturated rings. The topological polar surface area (TPSA) is 122 Å². The molecule has 186 valence electrons. The number of ether oxygens (including phenoxy) is 2. The zero-order valence-electron chi connectivity index (χ0n) is 19.2. The fraction of sp³-hybridized carbons (Fsp3) is 0.478. The van der Waals surface area contributed by atoms with Crippen LogP contribution in [0.5, 0.6) is 5.75 Å². The lowest BCUT2D eigenvalue weighted by Crippen LogP contribution is -2.50. The third-order valence-corrected chi connectivity index (χ3v) is 8.61. The smallest absolute Gasteiger partial charge is 0.409 e. The van der Waals surface area contributed by atoms with Gasteiger partial charge in [0.2, 0.25) is 0 Å². The Kier molecular flexibility index (Phi) is 8.92. The lowest BCUT2D eigenvalue weighted by atomic mass is 9.90. The number of piperidine rings is 1. The minimum Gasteiger partial charge on any atom is -0.494 e. The summed E-state index contributed by atoms with van der Waals surface area (Å²) in [6.07, 6.45) is 1.02. The van der Waals surface area contributed by atoms with Gasteiger partial charge in [-0.1, -0.05) is 6.92 Å². The first kappa shape index (κ1) is 26.0. The highest BCUT2D eigenvalue weighted by Gasteiger charge is 2.36. The number of thiophene rings is 1. The zero-order chi connectivity index (χ0) is 24.7. The molecule has 1 amide bonds. The Morgan fingerprint density at radius 1 is 1.15 bits per heavy atom. The number of aliphatic carboxylic acids is 1. The van der Waals surface area contributed by atoms with Crippen molar-refractivity contribution in [3.8, 4) is 16.2 Å². The second-order valence-corrected chi connectivity index (χ2v) is 11.0. The van der Waals surface area contributed by atoms with Gasteiger partial charge in [0.1, 0.15) is 16.0 Å². The maximum atomic E-state index is 13.0. The number of nitrogens with zero attached hydrogens (tertiary/aromatic N) is 1. The molecule has 0 unspecified atom stereocenters. The quantitative estimate of drug-likeness (QED) is 0.498. The van der Waals surface area contributed by atoms with Crippen LogP contribution in [0, 0.1) is 5.92 Å². The molecule has 0 aliphatic carbocycles. The number of benzene rings is 1. The molecule has 1 saturated heterocycles. The lowest BCUT2D eigenvalue weighted by molar-refractivity contribution is -0.140. The second kappa shape index (κ2) is 11.7. The lowest BCUT2D eigenvalue weighted by Gasteiger charge is -2.34. The predicted octanol–water partition coefficient (Wildman–Crippen LogP) is 3.80. The van der Waals surface area contributed by atoms with E-state index in [4.69, 9.17) is 9.47 Å². The number of rotatable bonds is 10. The van der Waals surface area contributed by atoms with Crippen molar-refractivity contribution in [2.45, 2.75) is 43.4 Å². The van der Waals surface area contributed by atoms with E-state index in [1.54, 1.807) is 6.07 Å². The molecule has 34 heavy (non-hydrogen) atoms.